The zero-order valence-corrected chi connectivity index (χ0v) is 15.0. The van der Waals surface area contributed by atoms with E-state index in [4.69, 9.17) is 16.3 Å². The topological polar surface area (TPSA) is 33.6 Å². The number of ether oxygens (including phenoxy) is 1. The van der Waals surface area contributed by atoms with Crippen molar-refractivity contribution < 1.29 is 4.74 Å². The molecule has 0 aromatic heterocycles. The number of benzene rings is 3. The van der Waals surface area contributed by atoms with Crippen LogP contribution in [0.25, 0.3) is 0 Å². The lowest BCUT2D eigenvalue weighted by atomic mass is 10.2. The molecule has 0 radical (unpaired) electrons. The van der Waals surface area contributed by atoms with Crippen LogP contribution in [0.2, 0.25) is 5.02 Å². The minimum Gasteiger partial charge on any atom is -0.457 e. The van der Waals surface area contributed by atoms with Crippen molar-refractivity contribution in [1.82, 2.24) is 0 Å². The first-order valence-corrected chi connectivity index (χ1v) is 8.44. The second kappa shape index (κ2) is 7.99. The molecule has 0 bridgehead atoms. The van der Waals surface area contributed by atoms with Crippen LogP contribution in [0.15, 0.2) is 82.4 Å². The maximum Gasteiger partial charge on any atom is 0.127 e. The van der Waals surface area contributed by atoms with E-state index in [9.17, 15) is 0 Å². The second-order valence-corrected chi connectivity index (χ2v) is 6.35. The lowest BCUT2D eigenvalue weighted by Crippen LogP contribution is -1.91. The Morgan fingerprint density at radius 1 is 0.833 bits per heavy atom. The Morgan fingerprint density at radius 3 is 2.04 bits per heavy atom. The number of halogens is 2. The molecule has 0 fully saturated rings. The fourth-order valence-electron chi connectivity index (χ4n) is 1.97. The van der Waals surface area contributed by atoms with Crippen LogP contribution in [-0.4, -0.2) is 6.21 Å². The van der Waals surface area contributed by atoms with Crippen LogP contribution in [0.3, 0.4) is 0 Å². The summed E-state index contributed by atoms with van der Waals surface area (Å²) in [5.41, 5.74) is 4.89. The van der Waals surface area contributed by atoms with Crippen molar-refractivity contribution >= 4 is 39.4 Å². The SMILES string of the molecule is Clc1ccc(Oc2ccc(NN=Cc3ccc(Br)cc3)cc2)cc1. The number of hydrogen-bond donors (Lipinski definition) is 1. The number of anilines is 1. The molecular weight excluding hydrogens is 388 g/mol. The Kier molecular flexibility index (Phi) is 5.51. The normalized spacial score (nSPS) is 10.8. The van der Waals surface area contributed by atoms with E-state index in [0.29, 0.717) is 5.02 Å². The van der Waals surface area contributed by atoms with Gasteiger partial charge in [0.05, 0.1) is 11.9 Å². The number of hydrazone groups is 1. The largest absolute Gasteiger partial charge is 0.457 e. The highest BCUT2D eigenvalue weighted by atomic mass is 79.9. The lowest BCUT2D eigenvalue weighted by Gasteiger charge is -2.06. The lowest BCUT2D eigenvalue weighted by molar-refractivity contribution is 0.483. The van der Waals surface area contributed by atoms with E-state index in [-0.39, 0.29) is 0 Å². The van der Waals surface area contributed by atoms with E-state index in [1.54, 1.807) is 18.3 Å². The van der Waals surface area contributed by atoms with Crippen LogP contribution >= 0.6 is 27.5 Å². The van der Waals surface area contributed by atoms with Gasteiger partial charge in [-0.25, -0.2) is 0 Å². The molecule has 0 saturated carbocycles. The molecule has 0 unspecified atom stereocenters. The highest BCUT2D eigenvalue weighted by Crippen LogP contribution is 2.24. The second-order valence-electron chi connectivity index (χ2n) is 5.00. The third-order valence-corrected chi connectivity index (χ3v) is 3.96. The highest BCUT2D eigenvalue weighted by molar-refractivity contribution is 9.10. The van der Waals surface area contributed by atoms with Crippen LogP contribution in [0.4, 0.5) is 5.69 Å². The molecule has 120 valence electrons. The monoisotopic (exact) mass is 400 g/mol. The molecule has 0 aliphatic carbocycles. The quantitative estimate of drug-likeness (QED) is 0.400. The van der Waals surface area contributed by atoms with Crippen molar-refractivity contribution in [2.24, 2.45) is 5.10 Å². The minimum absolute atomic E-state index is 0.686. The number of rotatable bonds is 5. The Balaban J connectivity index is 1.58. The van der Waals surface area contributed by atoms with E-state index < -0.39 is 0 Å². The molecule has 3 rings (SSSR count). The van der Waals surface area contributed by atoms with Crippen LogP contribution in [0, 0.1) is 0 Å². The first-order valence-electron chi connectivity index (χ1n) is 7.27. The van der Waals surface area contributed by atoms with E-state index in [2.05, 4.69) is 26.5 Å². The zero-order chi connectivity index (χ0) is 16.8. The van der Waals surface area contributed by atoms with Crippen molar-refractivity contribution in [3.63, 3.8) is 0 Å². The average molecular weight is 402 g/mol. The Bertz CT molecular complexity index is 815. The molecule has 0 spiro atoms. The third-order valence-electron chi connectivity index (χ3n) is 3.18. The zero-order valence-electron chi connectivity index (χ0n) is 12.6. The van der Waals surface area contributed by atoms with Crippen LogP contribution < -0.4 is 10.2 Å². The predicted octanol–water partition coefficient (Wildman–Crippen LogP) is 6.34. The summed E-state index contributed by atoms with van der Waals surface area (Å²) in [7, 11) is 0. The smallest absolute Gasteiger partial charge is 0.127 e. The molecule has 1 N–H and O–H groups in total. The molecule has 3 aromatic rings. The Hall–Kier alpha value is -2.30. The molecule has 3 aromatic carbocycles. The molecule has 0 amide bonds. The highest BCUT2D eigenvalue weighted by Gasteiger charge is 1.98. The van der Waals surface area contributed by atoms with E-state index in [1.807, 2.05) is 60.7 Å². The summed E-state index contributed by atoms with van der Waals surface area (Å²) >= 11 is 9.26. The molecule has 24 heavy (non-hydrogen) atoms. The van der Waals surface area contributed by atoms with Gasteiger partial charge in [-0.2, -0.15) is 5.10 Å². The van der Waals surface area contributed by atoms with Gasteiger partial charge in [0.2, 0.25) is 0 Å². The molecule has 0 aliphatic rings. The molecule has 3 nitrogen and oxygen atoms in total. The van der Waals surface area contributed by atoms with Crippen LogP contribution in [0.5, 0.6) is 11.5 Å². The van der Waals surface area contributed by atoms with E-state index in [0.717, 1.165) is 27.2 Å². The average Bonchev–Trinajstić information content (AvgIpc) is 2.60. The van der Waals surface area contributed by atoms with Crippen molar-refractivity contribution in [2.45, 2.75) is 0 Å². The number of nitrogens with zero attached hydrogens (tertiary/aromatic N) is 1. The summed E-state index contributed by atoms with van der Waals surface area (Å²) in [6, 6.07) is 22.7. The van der Waals surface area contributed by atoms with Gasteiger partial charge in [0.15, 0.2) is 0 Å². The Labute approximate surface area is 154 Å². The molecule has 0 saturated heterocycles. The third kappa shape index (κ3) is 4.85. The molecule has 0 atom stereocenters. The van der Waals surface area contributed by atoms with E-state index >= 15 is 0 Å². The molecule has 5 heteroatoms. The van der Waals surface area contributed by atoms with Crippen molar-refractivity contribution in [3.05, 3.63) is 87.9 Å². The fourth-order valence-corrected chi connectivity index (χ4v) is 2.36. The summed E-state index contributed by atoms with van der Waals surface area (Å²) in [5.74, 6) is 1.49. The van der Waals surface area contributed by atoms with Crippen molar-refractivity contribution in [2.75, 3.05) is 5.43 Å². The maximum absolute atomic E-state index is 5.86. The van der Waals surface area contributed by atoms with Gasteiger partial charge in [0, 0.05) is 9.50 Å². The summed E-state index contributed by atoms with van der Waals surface area (Å²) in [4.78, 5) is 0. The standard InChI is InChI=1S/C19H14BrClN2O/c20-15-3-1-14(2-4-15)13-22-23-17-7-11-19(12-8-17)24-18-9-5-16(21)6-10-18/h1-13,23H. The number of hydrogen-bond acceptors (Lipinski definition) is 3. The van der Waals surface area contributed by atoms with E-state index in [1.165, 1.54) is 0 Å². The van der Waals surface area contributed by atoms with Gasteiger partial charge >= 0.3 is 0 Å². The summed E-state index contributed by atoms with van der Waals surface area (Å²) in [5, 5.41) is 4.90. The first kappa shape index (κ1) is 16.6. The van der Waals surface area contributed by atoms with Crippen LogP contribution in [-0.2, 0) is 0 Å². The first-order chi connectivity index (χ1) is 11.7. The van der Waals surface area contributed by atoms with Gasteiger partial charge in [-0.3, -0.25) is 5.43 Å². The summed E-state index contributed by atoms with van der Waals surface area (Å²) < 4.78 is 6.79. The summed E-state index contributed by atoms with van der Waals surface area (Å²) in [6.45, 7) is 0. The molecule has 0 heterocycles. The summed E-state index contributed by atoms with van der Waals surface area (Å²) in [6.07, 6.45) is 1.77. The van der Waals surface area contributed by atoms with Gasteiger partial charge in [-0.05, 0) is 66.2 Å². The van der Waals surface area contributed by atoms with Crippen molar-refractivity contribution in [1.29, 1.82) is 0 Å². The van der Waals surface area contributed by atoms with Gasteiger partial charge in [0.1, 0.15) is 11.5 Å². The van der Waals surface area contributed by atoms with Gasteiger partial charge in [-0.1, -0.05) is 39.7 Å². The predicted molar refractivity (Wildman–Crippen MR) is 103 cm³/mol. The van der Waals surface area contributed by atoms with Crippen LogP contribution in [0.1, 0.15) is 5.56 Å². The Morgan fingerprint density at radius 2 is 1.42 bits per heavy atom. The van der Waals surface area contributed by atoms with Gasteiger partial charge in [0.25, 0.3) is 0 Å². The fraction of sp³-hybridized carbons (Fsp3) is 0. The molecule has 0 aliphatic heterocycles. The van der Waals surface area contributed by atoms with Gasteiger partial charge < -0.3 is 4.74 Å². The van der Waals surface area contributed by atoms with Gasteiger partial charge in [-0.15, -0.1) is 0 Å². The molecular formula is C19H14BrClN2O. The number of nitrogens with one attached hydrogen (secondary N) is 1. The van der Waals surface area contributed by atoms with Crippen molar-refractivity contribution in [3.8, 4) is 11.5 Å². The minimum atomic E-state index is 0.686. The maximum atomic E-state index is 5.86.